The van der Waals surface area contributed by atoms with Gasteiger partial charge in [-0.3, -0.25) is 24.0 Å². The number of nitrogens with one attached hydrogen (secondary N) is 2. The van der Waals surface area contributed by atoms with E-state index < -0.39 is 117 Å². The summed E-state index contributed by atoms with van der Waals surface area (Å²) >= 11 is 0. The van der Waals surface area contributed by atoms with Crippen LogP contribution in [0.1, 0.15) is 20.8 Å². The summed E-state index contributed by atoms with van der Waals surface area (Å²) < 4.78 is 111. The summed E-state index contributed by atoms with van der Waals surface area (Å²) in [4.78, 5) is 56.7. The number of hydrogen-bond acceptors (Lipinski definition) is 16. The van der Waals surface area contributed by atoms with Crippen LogP contribution in [0.3, 0.4) is 0 Å². The number of hydrogen-bond donors (Lipinski definition) is 5. The van der Waals surface area contributed by atoms with Crippen molar-refractivity contribution < 1.29 is 133 Å². The van der Waals surface area contributed by atoms with Crippen LogP contribution in [0.15, 0.2) is 25.3 Å². The van der Waals surface area contributed by atoms with Crippen molar-refractivity contribution in [2.24, 2.45) is 0 Å². The van der Waals surface area contributed by atoms with E-state index >= 15 is 0 Å². The van der Waals surface area contributed by atoms with Gasteiger partial charge in [0.05, 0.1) is 19.8 Å². The molecule has 0 saturated carbocycles. The van der Waals surface area contributed by atoms with Crippen LogP contribution in [0.2, 0.25) is 0 Å². The van der Waals surface area contributed by atoms with Gasteiger partial charge in [0.15, 0.2) is 24.8 Å². The molecule has 2 fully saturated rings. The predicted molar refractivity (Wildman–Crippen MR) is 158 cm³/mol. The standard InChI is InChI=1S/C17H22F3NO9.C11H16F3NO6.CH3O.Na/c1-5-6-26-15-12(21-16(25)17(18,19)20)14(29-10(4)24)13(28-9(3)23)11(30-15)7-27-8(2)22;1-2-3-20-9-6(15-10(19)11(12,13)14)8(18)7(17)5(4-16)21-9;1-2;/h5,11-15H,1,6-7H2,2-4H3,(H,21,25);2,5-9,16-18H,1,3-4H2,(H,15,19);1H3;/q;;-1;+1/t11-,12-,13-,14-,15+;5-,6-,7-,8-,9+;;/m11../s1. The number of rotatable bonds is 13. The maximum Gasteiger partial charge on any atom is 1.00 e. The van der Waals surface area contributed by atoms with E-state index in [1.165, 1.54) is 17.5 Å². The number of alkyl halides is 6. The van der Waals surface area contributed by atoms with Crippen molar-refractivity contribution in [3.8, 4) is 0 Å². The third kappa shape index (κ3) is 17.7. The number of aliphatic hydroxyl groups excluding tert-OH is 3. The minimum atomic E-state index is -5.27. The summed E-state index contributed by atoms with van der Waals surface area (Å²) in [6.45, 7) is 8.24. The van der Waals surface area contributed by atoms with Crippen molar-refractivity contribution in [3.05, 3.63) is 25.3 Å². The predicted octanol–water partition coefficient (Wildman–Crippen LogP) is -4.96. The van der Waals surface area contributed by atoms with Gasteiger partial charge in [-0.1, -0.05) is 12.2 Å². The number of aliphatic hydroxyl groups is 3. The van der Waals surface area contributed by atoms with Gasteiger partial charge in [0.2, 0.25) is 0 Å². The average Bonchev–Trinajstić information content (AvgIpc) is 3.06. The van der Waals surface area contributed by atoms with Gasteiger partial charge >= 0.3 is 71.6 Å². The Kier molecular flexibility index (Phi) is 24.9. The van der Waals surface area contributed by atoms with Crippen molar-refractivity contribution in [1.82, 2.24) is 10.6 Å². The summed E-state index contributed by atoms with van der Waals surface area (Å²) in [6, 6.07) is -3.38. The maximum atomic E-state index is 12.8. The summed E-state index contributed by atoms with van der Waals surface area (Å²) in [5.74, 6) is -7.23. The second-order valence-corrected chi connectivity index (χ2v) is 10.4. The van der Waals surface area contributed by atoms with Crippen LogP contribution in [0.25, 0.3) is 0 Å². The van der Waals surface area contributed by atoms with E-state index in [-0.39, 0.29) is 42.8 Å². The van der Waals surface area contributed by atoms with E-state index in [4.69, 9.17) is 43.4 Å². The van der Waals surface area contributed by atoms with E-state index in [1.807, 2.05) is 0 Å². The Morgan fingerprint density at radius 2 is 1.13 bits per heavy atom. The summed E-state index contributed by atoms with van der Waals surface area (Å²) in [6.07, 6.45) is -20.2. The van der Waals surface area contributed by atoms with Gasteiger partial charge in [-0.2, -0.15) is 33.5 Å². The molecule has 0 aromatic heterocycles. The van der Waals surface area contributed by atoms with Crippen molar-refractivity contribution in [2.45, 2.75) is 94.4 Å². The first-order valence-corrected chi connectivity index (χ1v) is 15.0. The van der Waals surface area contributed by atoms with E-state index in [2.05, 4.69) is 13.2 Å². The molecule has 0 aromatic carbocycles. The number of ether oxygens (including phenoxy) is 7. The Bertz CT molecular complexity index is 1230. The molecule has 2 heterocycles. The molecule has 2 aliphatic rings. The fourth-order valence-corrected chi connectivity index (χ4v) is 4.37. The molecule has 2 rings (SSSR count). The molecule has 5 N–H and O–H groups in total. The van der Waals surface area contributed by atoms with E-state index in [0.29, 0.717) is 0 Å². The van der Waals surface area contributed by atoms with E-state index in [1.54, 1.807) is 5.32 Å². The Labute approximate surface area is 326 Å². The third-order valence-corrected chi connectivity index (χ3v) is 6.45. The Balaban J connectivity index is 0. The number of carbonyl (C=O) groups excluding carboxylic acids is 5. The molecule has 2 amide bonds. The fourth-order valence-electron chi connectivity index (χ4n) is 4.37. The van der Waals surface area contributed by atoms with Crippen LogP contribution < -0.4 is 45.3 Å². The quantitative estimate of drug-likeness (QED) is 0.0384. The summed E-state index contributed by atoms with van der Waals surface area (Å²) in [5.41, 5.74) is 0. The molecule has 25 heteroatoms. The van der Waals surface area contributed by atoms with Crippen molar-refractivity contribution in [1.29, 1.82) is 0 Å². The molecule has 18 nitrogen and oxygen atoms in total. The molecule has 0 aliphatic carbocycles. The molecule has 306 valence electrons. The Hall–Kier alpha value is -2.91. The Morgan fingerprint density at radius 3 is 1.52 bits per heavy atom. The second-order valence-electron chi connectivity index (χ2n) is 10.4. The third-order valence-electron chi connectivity index (χ3n) is 6.45. The molecular weight excluding hydrogens is 769 g/mol. The van der Waals surface area contributed by atoms with Crippen LogP contribution in [0.5, 0.6) is 0 Å². The SMILES string of the molecule is C=CCO[C@H]1O[C@H](CO)[C@@H](O)[C@H](O)[C@H]1NC(=O)C(F)(F)F.C=CCO[C@H]1O[C@H](COC(C)=O)[C@@H](OC(C)=O)[C@H](OC(C)=O)[C@H]1NC(=O)C(F)(F)F.C[O-].[Na+]. The van der Waals surface area contributed by atoms with Gasteiger partial charge in [-0.25, -0.2) is 0 Å². The van der Waals surface area contributed by atoms with E-state index in [0.717, 1.165) is 27.9 Å². The van der Waals surface area contributed by atoms with Gasteiger partial charge in [0.25, 0.3) is 0 Å². The molecule has 0 spiro atoms. The zero-order chi connectivity index (χ0) is 41.3. The van der Waals surface area contributed by atoms with Gasteiger partial charge in [-0.05, 0) is 0 Å². The van der Waals surface area contributed by atoms with Gasteiger partial charge in [0, 0.05) is 20.8 Å². The second kappa shape index (κ2) is 25.3. The average molecular weight is 811 g/mol. The van der Waals surface area contributed by atoms with Crippen molar-refractivity contribution in [2.75, 3.05) is 33.5 Å². The van der Waals surface area contributed by atoms with E-state index in [9.17, 15) is 60.5 Å². The number of carbonyl (C=O) groups is 5. The number of amides is 2. The van der Waals surface area contributed by atoms with Gasteiger partial charge in [-0.15, -0.1) is 13.2 Å². The molecule has 0 bridgehead atoms. The first-order chi connectivity index (χ1) is 24.6. The molecule has 54 heavy (non-hydrogen) atoms. The van der Waals surface area contributed by atoms with Crippen LogP contribution >= 0.6 is 0 Å². The smallest absolute Gasteiger partial charge is 0.857 e. The van der Waals surface area contributed by atoms with Crippen LogP contribution in [-0.2, 0) is 57.1 Å². The zero-order valence-electron chi connectivity index (χ0n) is 29.6. The fraction of sp³-hybridized carbons (Fsp3) is 0.690. The Morgan fingerprint density at radius 1 is 0.722 bits per heavy atom. The van der Waals surface area contributed by atoms with Crippen molar-refractivity contribution in [3.63, 3.8) is 0 Å². The van der Waals surface area contributed by atoms with Gasteiger partial charge in [0.1, 0.15) is 43.1 Å². The number of halogens is 6. The minimum Gasteiger partial charge on any atom is -0.857 e. The van der Waals surface area contributed by atoms with Crippen LogP contribution in [0.4, 0.5) is 26.3 Å². The minimum absolute atomic E-state index is 0. The molecule has 0 aromatic rings. The zero-order valence-corrected chi connectivity index (χ0v) is 31.6. The first-order valence-electron chi connectivity index (χ1n) is 15.0. The maximum absolute atomic E-state index is 12.8. The molecule has 2 aliphatic heterocycles. The molecule has 2 saturated heterocycles. The number of esters is 3. The topological polar surface area (TPSA) is 258 Å². The first kappa shape index (κ1) is 53.2. The molecular formula is C29H41F6N2NaO16. The monoisotopic (exact) mass is 810 g/mol. The van der Waals surface area contributed by atoms with Gasteiger partial charge < -0.3 is 64.2 Å². The van der Waals surface area contributed by atoms with Crippen LogP contribution in [-0.4, -0.2) is 152 Å². The molecule has 0 radical (unpaired) electrons. The summed E-state index contributed by atoms with van der Waals surface area (Å²) in [7, 11) is 0.750. The molecule has 0 unspecified atom stereocenters. The molecule has 10 atom stereocenters. The summed E-state index contributed by atoms with van der Waals surface area (Å²) in [5, 5.41) is 39.8. The largest absolute Gasteiger partial charge is 1.00 e. The normalized spacial score (nSPS) is 27.7. The van der Waals surface area contributed by atoms with Crippen molar-refractivity contribution >= 4 is 29.7 Å². The van der Waals surface area contributed by atoms with Crippen LogP contribution in [0, 0.1) is 0 Å².